The summed E-state index contributed by atoms with van der Waals surface area (Å²) in [7, 11) is 3.01. The second kappa shape index (κ2) is 8.35. The molecule has 0 amide bonds. The minimum absolute atomic E-state index is 0.0869. The highest BCUT2D eigenvalue weighted by molar-refractivity contribution is 6.30. The van der Waals surface area contributed by atoms with Gasteiger partial charge in [-0.2, -0.15) is 9.97 Å². The van der Waals surface area contributed by atoms with Crippen LogP contribution in [0.3, 0.4) is 0 Å². The van der Waals surface area contributed by atoms with E-state index in [0.29, 0.717) is 29.2 Å². The van der Waals surface area contributed by atoms with Crippen LogP contribution in [0, 0.1) is 0 Å². The van der Waals surface area contributed by atoms with E-state index < -0.39 is 0 Å². The number of anilines is 1. The Kier molecular flexibility index (Phi) is 5.70. The fourth-order valence-electron chi connectivity index (χ4n) is 2.17. The number of rotatable bonds is 7. The van der Waals surface area contributed by atoms with Crippen LogP contribution in [0.4, 0.5) is 5.69 Å². The smallest absolute Gasteiger partial charge is 0.330 e. The Morgan fingerprint density at radius 3 is 2.46 bits per heavy atom. The zero-order valence-electron chi connectivity index (χ0n) is 14.3. The number of hydrogen-bond acceptors (Lipinski definition) is 7. The second-order valence-electron chi connectivity index (χ2n) is 5.17. The van der Waals surface area contributed by atoms with Gasteiger partial charge in [0.05, 0.1) is 20.3 Å². The molecule has 0 saturated heterocycles. The fraction of sp³-hybridized carbons (Fsp3) is 0.167. The van der Waals surface area contributed by atoms with Gasteiger partial charge in [-0.25, -0.2) is 4.98 Å². The molecule has 1 aromatic carbocycles. The monoisotopic (exact) mass is 372 g/mol. The van der Waals surface area contributed by atoms with Gasteiger partial charge >= 0.3 is 6.01 Å². The number of methoxy groups -OCH3 is 2. The van der Waals surface area contributed by atoms with Crippen LogP contribution in [-0.4, -0.2) is 29.2 Å². The largest absolute Gasteiger partial charge is 0.481 e. The lowest BCUT2D eigenvalue weighted by Crippen LogP contribution is -2.04. The SMILES string of the molecule is COc1cc(OC)nc(Oc2ncccc2CNc2cccc(Cl)c2)n1. The van der Waals surface area contributed by atoms with Crippen LogP contribution in [0.5, 0.6) is 23.7 Å². The van der Waals surface area contributed by atoms with Gasteiger partial charge in [0.1, 0.15) is 0 Å². The average molecular weight is 373 g/mol. The summed E-state index contributed by atoms with van der Waals surface area (Å²) in [4.78, 5) is 12.6. The molecule has 2 heterocycles. The minimum Gasteiger partial charge on any atom is -0.481 e. The molecule has 134 valence electrons. The van der Waals surface area contributed by atoms with Crippen molar-refractivity contribution in [2.45, 2.75) is 6.54 Å². The summed E-state index contributed by atoms with van der Waals surface area (Å²) in [5, 5.41) is 3.94. The first-order chi connectivity index (χ1) is 12.7. The van der Waals surface area contributed by atoms with Crippen molar-refractivity contribution in [3.8, 4) is 23.7 Å². The Morgan fingerprint density at radius 1 is 1.00 bits per heavy atom. The fourth-order valence-corrected chi connectivity index (χ4v) is 2.36. The summed E-state index contributed by atoms with van der Waals surface area (Å²) in [5.41, 5.74) is 1.73. The Labute approximate surface area is 155 Å². The summed E-state index contributed by atoms with van der Waals surface area (Å²) in [6, 6.07) is 12.8. The number of pyridine rings is 1. The number of nitrogens with one attached hydrogen (secondary N) is 1. The van der Waals surface area contributed by atoms with Gasteiger partial charge in [0, 0.05) is 29.0 Å². The lowest BCUT2D eigenvalue weighted by atomic mass is 10.2. The number of benzene rings is 1. The molecule has 0 aliphatic carbocycles. The summed E-state index contributed by atoms with van der Waals surface area (Å²) in [6.45, 7) is 0.491. The minimum atomic E-state index is 0.0869. The standard InChI is InChI=1S/C18H17ClN4O3/c1-24-15-10-16(25-2)23-18(22-15)26-17-12(5-4-8-20-17)11-21-14-7-3-6-13(19)9-14/h3-10,21H,11H2,1-2H3. The summed E-state index contributed by atoms with van der Waals surface area (Å²) in [6.07, 6.45) is 1.63. The van der Waals surface area contributed by atoms with Crippen molar-refractivity contribution < 1.29 is 14.2 Å². The van der Waals surface area contributed by atoms with Gasteiger partial charge in [-0.3, -0.25) is 0 Å². The molecule has 0 unspecified atom stereocenters. The van der Waals surface area contributed by atoms with Crippen molar-refractivity contribution in [2.75, 3.05) is 19.5 Å². The number of halogens is 1. The van der Waals surface area contributed by atoms with Gasteiger partial charge in [-0.1, -0.05) is 23.7 Å². The molecule has 8 heteroatoms. The van der Waals surface area contributed by atoms with Crippen LogP contribution < -0.4 is 19.5 Å². The maximum atomic E-state index is 6.01. The summed E-state index contributed by atoms with van der Waals surface area (Å²) >= 11 is 6.01. The zero-order chi connectivity index (χ0) is 18.4. The third kappa shape index (κ3) is 4.52. The molecule has 0 bridgehead atoms. The highest BCUT2D eigenvalue weighted by Crippen LogP contribution is 2.25. The van der Waals surface area contributed by atoms with E-state index >= 15 is 0 Å². The molecule has 0 fully saturated rings. The van der Waals surface area contributed by atoms with Crippen molar-refractivity contribution in [3.05, 3.63) is 59.2 Å². The van der Waals surface area contributed by atoms with Crippen molar-refractivity contribution in [3.63, 3.8) is 0 Å². The molecule has 0 radical (unpaired) electrons. The zero-order valence-corrected chi connectivity index (χ0v) is 15.0. The molecule has 0 saturated carbocycles. The molecule has 2 aromatic heterocycles. The van der Waals surface area contributed by atoms with Gasteiger partial charge in [-0.15, -0.1) is 0 Å². The highest BCUT2D eigenvalue weighted by Gasteiger charge is 2.11. The van der Waals surface area contributed by atoms with E-state index in [0.717, 1.165) is 11.3 Å². The van der Waals surface area contributed by atoms with E-state index in [4.69, 9.17) is 25.8 Å². The van der Waals surface area contributed by atoms with Crippen LogP contribution in [0.15, 0.2) is 48.7 Å². The molecule has 3 rings (SSSR count). The Hall–Kier alpha value is -3.06. The molecule has 0 aliphatic heterocycles. The van der Waals surface area contributed by atoms with Crippen LogP contribution in [0.2, 0.25) is 5.02 Å². The van der Waals surface area contributed by atoms with Gasteiger partial charge in [0.25, 0.3) is 0 Å². The molecule has 0 aliphatic rings. The molecule has 3 aromatic rings. The van der Waals surface area contributed by atoms with Crippen molar-refractivity contribution in [1.29, 1.82) is 0 Å². The topological polar surface area (TPSA) is 78.4 Å². The van der Waals surface area contributed by atoms with Crippen LogP contribution in [-0.2, 0) is 6.54 Å². The van der Waals surface area contributed by atoms with Crippen LogP contribution in [0.1, 0.15) is 5.56 Å². The first-order valence-electron chi connectivity index (χ1n) is 7.76. The van der Waals surface area contributed by atoms with Gasteiger partial charge < -0.3 is 19.5 Å². The van der Waals surface area contributed by atoms with E-state index in [2.05, 4.69) is 20.3 Å². The molecule has 26 heavy (non-hydrogen) atoms. The predicted octanol–water partition coefficient (Wildman–Crippen LogP) is 3.95. The molecule has 0 spiro atoms. The third-order valence-corrected chi connectivity index (χ3v) is 3.66. The second-order valence-corrected chi connectivity index (χ2v) is 5.61. The lowest BCUT2D eigenvalue weighted by Gasteiger charge is -2.11. The molecule has 7 nitrogen and oxygen atoms in total. The normalized spacial score (nSPS) is 10.3. The maximum Gasteiger partial charge on any atom is 0.330 e. The Morgan fingerprint density at radius 2 is 1.77 bits per heavy atom. The van der Waals surface area contributed by atoms with Crippen molar-refractivity contribution >= 4 is 17.3 Å². The Bertz CT molecular complexity index is 870. The van der Waals surface area contributed by atoms with E-state index in [1.165, 1.54) is 14.2 Å². The van der Waals surface area contributed by atoms with Gasteiger partial charge in [0.15, 0.2) is 0 Å². The average Bonchev–Trinajstić information content (AvgIpc) is 2.67. The van der Waals surface area contributed by atoms with Crippen molar-refractivity contribution in [2.24, 2.45) is 0 Å². The van der Waals surface area contributed by atoms with E-state index in [9.17, 15) is 0 Å². The van der Waals surface area contributed by atoms with E-state index in [1.54, 1.807) is 12.3 Å². The number of ether oxygens (including phenoxy) is 3. The van der Waals surface area contributed by atoms with Gasteiger partial charge in [-0.05, 0) is 24.3 Å². The summed E-state index contributed by atoms with van der Waals surface area (Å²) in [5.74, 6) is 1.06. The molecule has 1 N–H and O–H groups in total. The van der Waals surface area contributed by atoms with Crippen molar-refractivity contribution in [1.82, 2.24) is 15.0 Å². The first kappa shape index (κ1) is 17.8. The maximum absolute atomic E-state index is 6.01. The highest BCUT2D eigenvalue weighted by atomic mass is 35.5. The van der Waals surface area contributed by atoms with E-state index in [-0.39, 0.29) is 6.01 Å². The molecular weight excluding hydrogens is 356 g/mol. The summed E-state index contributed by atoms with van der Waals surface area (Å²) < 4.78 is 16.0. The van der Waals surface area contributed by atoms with E-state index in [1.807, 2.05) is 36.4 Å². The predicted molar refractivity (Wildman–Crippen MR) is 98.2 cm³/mol. The van der Waals surface area contributed by atoms with Crippen LogP contribution >= 0.6 is 11.6 Å². The quantitative estimate of drug-likeness (QED) is 0.672. The molecular formula is C18H17ClN4O3. The third-order valence-electron chi connectivity index (χ3n) is 3.42. The van der Waals surface area contributed by atoms with Crippen LogP contribution in [0.25, 0.3) is 0 Å². The number of hydrogen-bond donors (Lipinski definition) is 1. The number of nitrogens with zero attached hydrogens (tertiary/aromatic N) is 3. The number of aromatic nitrogens is 3. The Balaban J connectivity index is 1.79. The lowest BCUT2D eigenvalue weighted by molar-refractivity contribution is 0.344. The molecule has 0 atom stereocenters. The first-order valence-corrected chi connectivity index (χ1v) is 8.14. The van der Waals surface area contributed by atoms with Gasteiger partial charge in [0.2, 0.25) is 17.6 Å².